The number of amides is 1. The Labute approximate surface area is 169 Å². The van der Waals surface area contributed by atoms with E-state index in [1.807, 2.05) is 18.3 Å². The number of carbonyl (C=O) groups excluding carboxylic acids is 1. The lowest BCUT2D eigenvalue weighted by Crippen LogP contribution is -2.23. The summed E-state index contributed by atoms with van der Waals surface area (Å²) in [6.07, 6.45) is 3.78. The molecule has 0 aliphatic carbocycles. The molecule has 5 nitrogen and oxygen atoms in total. The van der Waals surface area contributed by atoms with Crippen LogP contribution in [0.25, 0.3) is 21.6 Å². The fraction of sp³-hybridized carbons (Fsp3) is 0.150. The number of benzene rings is 1. The quantitative estimate of drug-likeness (QED) is 0.505. The van der Waals surface area contributed by atoms with E-state index in [2.05, 4.69) is 26.8 Å². The molecular formula is C20H16ClFN4OS. The maximum absolute atomic E-state index is 13.2. The molecule has 4 aromatic rings. The first kappa shape index (κ1) is 18.6. The van der Waals surface area contributed by atoms with Crippen LogP contribution in [0.2, 0.25) is 5.02 Å². The molecule has 0 saturated heterocycles. The van der Waals surface area contributed by atoms with E-state index in [9.17, 15) is 9.18 Å². The smallest absolute Gasteiger partial charge is 0.271 e. The Morgan fingerprint density at radius 2 is 2.21 bits per heavy atom. The maximum atomic E-state index is 13.2. The third-order valence-corrected chi connectivity index (χ3v) is 5.54. The molecule has 0 aliphatic heterocycles. The lowest BCUT2D eigenvalue weighted by Gasteiger charge is -2.04. The number of hydrogen-bond acceptors (Lipinski definition) is 4. The first-order chi connectivity index (χ1) is 13.6. The summed E-state index contributed by atoms with van der Waals surface area (Å²) in [7, 11) is 0. The van der Waals surface area contributed by atoms with Crippen LogP contribution in [0.15, 0.2) is 48.1 Å². The minimum atomic E-state index is -0.485. The van der Waals surface area contributed by atoms with E-state index in [1.54, 1.807) is 17.6 Å². The first-order valence-corrected chi connectivity index (χ1v) is 9.94. The standard InChI is InChI=1S/C20H16ClFN4OS/c1-2-26-10-14(13-4-3-7-23-18(13)26)20-25-17(11-28-20)19(27)24-9-12-5-6-16(22)15(21)8-12/h3-8,10-11H,2,9H2,1H3,(H,24,27). The van der Waals surface area contributed by atoms with Crippen molar-refractivity contribution in [3.8, 4) is 10.6 Å². The van der Waals surface area contributed by atoms with Crippen LogP contribution >= 0.6 is 22.9 Å². The number of rotatable bonds is 5. The van der Waals surface area contributed by atoms with Crippen LogP contribution in [0.5, 0.6) is 0 Å². The molecule has 1 amide bonds. The van der Waals surface area contributed by atoms with Gasteiger partial charge in [0.15, 0.2) is 0 Å². The van der Waals surface area contributed by atoms with Crippen molar-refractivity contribution in [1.82, 2.24) is 19.9 Å². The molecule has 0 radical (unpaired) electrons. The van der Waals surface area contributed by atoms with Gasteiger partial charge in [-0.1, -0.05) is 17.7 Å². The number of nitrogens with zero attached hydrogens (tertiary/aromatic N) is 3. The summed E-state index contributed by atoms with van der Waals surface area (Å²) in [5, 5.41) is 6.32. The highest BCUT2D eigenvalue weighted by Crippen LogP contribution is 2.31. The van der Waals surface area contributed by atoms with Gasteiger partial charge in [0.25, 0.3) is 5.91 Å². The molecule has 8 heteroatoms. The molecule has 0 bridgehead atoms. The molecule has 0 aliphatic rings. The van der Waals surface area contributed by atoms with Gasteiger partial charge in [-0.25, -0.2) is 14.4 Å². The van der Waals surface area contributed by atoms with Gasteiger partial charge in [0.05, 0.1) is 5.02 Å². The second-order valence-electron chi connectivity index (χ2n) is 6.17. The molecule has 0 fully saturated rings. The highest BCUT2D eigenvalue weighted by atomic mass is 35.5. The zero-order valence-electron chi connectivity index (χ0n) is 14.9. The van der Waals surface area contributed by atoms with Crippen LogP contribution in [0.1, 0.15) is 23.0 Å². The maximum Gasteiger partial charge on any atom is 0.271 e. The van der Waals surface area contributed by atoms with E-state index in [0.29, 0.717) is 11.3 Å². The van der Waals surface area contributed by atoms with Crippen LogP contribution < -0.4 is 5.32 Å². The monoisotopic (exact) mass is 414 g/mol. The Hall–Kier alpha value is -2.77. The molecule has 1 aromatic carbocycles. The van der Waals surface area contributed by atoms with Crippen molar-refractivity contribution in [2.75, 3.05) is 0 Å². The normalized spacial score (nSPS) is 11.1. The predicted molar refractivity (Wildman–Crippen MR) is 109 cm³/mol. The van der Waals surface area contributed by atoms with Crippen LogP contribution in [0.4, 0.5) is 4.39 Å². The predicted octanol–water partition coefficient (Wildman–Crippen LogP) is 4.90. The number of nitrogens with one attached hydrogen (secondary N) is 1. The molecule has 0 atom stereocenters. The van der Waals surface area contributed by atoms with E-state index in [0.717, 1.165) is 28.1 Å². The third-order valence-electron chi connectivity index (χ3n) is 4.38. The SMILES string of the molecule is CCn1cc(-c2nc(C(=O)NCc3ccc(F)c(Cl)c3)cs2)c2cccnc21. The van der Waals surface area contributed by atoms with Gasteiger partial charge < -0.3 is 9.88 Å². The average molecular weight is 415 g/mol. The van der Waals surface area contributed by atoms with E-state index < -0.39 is 5.82 Å². The Morgan fingerprint density at radius 3 is 3.00 bits per heavy atom. The van der Waals surface area contributed by atoms with E-state index in [4.69, 9.17) is 11.6 Å². The van der Waals surface area contributed by atoms with Crippen molar-refractivity contribution in [2.45, 2.75) is 20.0 Å². The average Bonchev–Trinajstić information content (AvgIpc) is 3.33. The number of pyridine rings is 1. The third kappa shape index (κ3) is 3.50. The van der Waals surface area contributed by atoms with E-state index in [-0.39, 0.29) is 17.5 Å². The molecule has 3 aromatic heterocycles. The zero-order valence-corrected chi connectivity index (χ0v) is 16.5. The van der Waals surface area contributed by atoms with Gasteiger partial charge >= 0.3 is 0 Å². The summed E-state index contributed by atoms with van der Waals surface area (Å²) >= 11 is 7.19. The first-order valence-electron chi connectivity index (χ1n) is 8.68. The highest BCUT2D eigenvalue weighted by Gasteiger charge is 2.16. The van der Waals surface area contributed by atoms with Crippen LogP contribution in [-0.4, -0.2) is 20.4 Å². The summed E-state index contributed by atoms with van der Waals surface area (Å²) < 4.78 is 15.3. The van der Waals surface area contributed by atoms with Crippen LogP contribution in [0, 0.1) is 5.82 Å². The number of halogens is 2. The largest absolute Gasteiger partial charge is 0.347 e. The molecule has 28 heavy (non-hydrogen) atoms. The summed E-state index contributed by atoms with van der Waals surface area (Å²) in [5.41, 5.74) is 2.91. The minimum absolute atomic E-state index is 0.0311. The molecule has 0 spiro atoms. The Kier molecular flexibility index (Phi) is 5.11. The molecular weight excluding hydrogens is 399 g/mol. The van der Waals surface area contributed by atoms with Crippen LogP contribution in [-0.2, 0) is 13.1 Å². The van der Waals surface area contributed by atoms with Gasteiger partial charge in [0, 0.05) is 41.8 Å². The van der Waals surface area contributed by atoms with Crippen molar-refractivity contribution in [3.05, 3.63) is 70.2 Å². The molecule has 4 rings (SSSR count). The lowest BCUT2D eigenvalue weighted by molar-refractivity contribution is 0.0946. The highest BCUT2D eigenvalue weighted by molar-refractivity contribution is 7.13. The molecule has 1 N–H and O–H groups in total. The van der Waals surface area contributed by atoms with Crippen molar-refractivity contribution in [2.24, 2.45) is 0 Å². The fourth-order valence-corrected chi connectivity index (χ4v) is 3.99. The Balaban J connectivity index is 1.54. The summed E-state index contributed by atoms with van der Waals surface area (Å²) in [4.78, 5) is 21.4. The fourth-order valence-electron chi connectivity index (χ4n) is 2.96. The lowest BCUT2D eigenvalue weighted by atomic mass is 10.2. The summed E-state index contributed by atoms with van der Waals surface area (Å²) in [6.45, 7) is 3.09. The number of aryl methyl sites for hydroxylation is 1. The van der Waals surface area contributed by atoms with Crippen molar-refractivity contribution in [1.29, 1.82) is 0 Å². The van der Waals surface area contributed by atoms with Gasteiger partial charge in [0.1, 0.15) is 22.2 Å². The van der Waals surface area contributed by atoms with Crippen LogP contribution in [0.3, 0.4) is 0 Å². The number of fused-ring (bicyclic) bond motifs is 1. The molecule has 0 unspecified atom stereocenters. The van der Waals surface area contributed by atoms with Gasteiger partial charge in [-0.05, 0) is 36.8 Å². The summed E-state index contributed by atoms with van der Waals surface area (Å²) in [6, 6.07) is 8.25. The Bertz CT molecular complexity index is 1170. The van der Waals surface area contributed by atoms with Crippen molar-refractivity contribution >= 4 is 39.9 Å². The van der Waals surface area contributed by atoms with Gasteiger partial charge in [-0.15, -0.1) is 11.3 Å². The number of hydrogen-bond donors (Lipinski definition) is 1. The second kappa shape index (κ2) is 7.69. The number of aromatic nitrogens is 3. The van der Waals surface area contributed by atoms with Gasteiger partial charge in [-0.3, -0.25) is 4.79 Å². The number of thiazole rings is 1. The van der Waals surface area contributed by atoms with Gasteiger partial charge in [0.2, 0.25) is 0 Å². The topological polar surface area (TPSA) is 59.8 Å². The van der Waals surface area contributed by atoms with Crippen molar-refractivity contribution in [3.63, 3.8) is 0 Å². The Morgan fingerprint density at radius 1 is 1.36 bits per heavy atom. The molecule has 0 saturated carbocycles. The molecule has 3 heterocycles. The van der Waals surface area contributed by atoms with Gasteiger partial charge in [-0.2, -0.15) is 0 Å². The van der Waals surface area contributed by atoms with E-state index >= 15 is 0 Å². The van der Waals surface area contributed by atoms with Crippen molar-refractivity contribution < 1.29 is 9.18 Å². The zero-order chi connectivity index (χ0) is 19.7. The van der Waals surface area contributed by atoms with E-state index in [1.165, 1.54) is 23.5 Å². The minimum Gasteiger partial charge on any atom is -0.347 e. The summed E-state index contributed by atoms with van der Waals surface area (Å²) in [5.74, 6) is -0.776. The second-order valence-corrected chi connectivity index (χ2v) is 7.44. The number of carbonyl (C=O) groups is 1. The molecule has 142 valence electrons.